The number of benzene rings is 1. The molecule has 0 N–H and O–H groups in total. The van der Waals surface area contributed by atoms with Crippen molar-refractivity contribution in [1.29, 1.82) is 0 Å². The predicted octanol–water partition coefficient (Wildman–Crippen LogP) is 4.19. The lowest BCUT2D eigenvalue weighted by Gasteiger charge is -2.04. The monoisotopic (exact) mass is 201 g/mol. The second kappa shape index (κ2) is 4.92. The van der Waals surface area contributed by atoms with Gasteiger partial charge < -0.3 is 0 Å². The summed E-state index contributed by atoms with van der Waals surface area (Å²) in [4.78, 5) is 4.54. The summed E-state index contributed by atoms with van der Waals surface area (Å²) in [6, 6.07) is 8.49. The molecular formula is C14H19N. The molecule has 0 atom stereocenters. The van der Waals surface area contributed by atoms with Gasteiger partial charge in [-0.05, 0) is 38.0 Å². The van der Waals surface area contributed by atoms with E-state index in [1.807, 2.05) is 20.8 Å². The maximum atomic E-state index is 4.54. The van der Waals surface area contributed by atoms with Gasteiger partial charge in [0.15, 0.2) is 0 Å². The summed E-state index contributed by atoms with van der Waals surface area (Å²) in [6.07, 6.45) is 0. The van der Waals surface area contributed by atoms with Gasteiger partial charge in [-0.15, -0.1) is 0 Å². The molecule has 15 heavy (non-hydrogen) atoms. The van der Waals surface area contributed by atoms with Crippen LogP contribution >= 0.6 is 0 Å². The fourth-order valence-electron chi connectivity index (χ4n) is 1.59. The summed E-state index contributed by atoms with van der Waals surface area (Å²) in [5.41, 5.74) is 4.78. The van der Waals surface area contributed by atoms with Crippen LogP contribution in [-0.2, 0) is 0 Å². The average molecular weight is 201 g/mol. The summed E-state index contributed by atoms with van der Waals surface area (Å²) in [7, 11) is 0. The minimum absolute atomic E-state index is 1.08. The maximum absolute atomic E-state index is 4.54. The van der Waals surface area contributed by atoms with E-state index in [0.29, 0.717) is 0 Å². The van der Waals surface area contributed by atoms with Gasteiger partial charge in [0.2, 0.25) is 0 Å². The number of aromatic nitrogens is 1. The second-order valence-corrected chi connectivity index (χ2v) is 3.55. The second-order valence-electron chi connectivity index (χ2n) is 3.55. The molecule has 2 rings (SSSR count). The van der Waals surface area contributed by atoms with Gasteiger partial charge in [-0.1, -0.05) is 32.0 Å². The van der Waals surface area contributed by atoms with E-state index < -0.39 is 0 Å². The van der Waals surface area contributed by atoms with E-state index in [-0.39, 0.29) is 0 Å². The molecule has 0 aliphatic heterocycles. The summed E-state index contributed by atoms with van der Waals surface area (Å²) in [6.45, 7) is 10.3. The Morgan fingerprint density at radius 3 is 2.07 bits per heavy atom. The maximum Gasteiger partial charge on any atom is 0.0736 e. The van der Waals surface area contributed by atoms with Gasteiger partial charge in [-0.25, -0.2) is 0 Å². The van der Waals surface area contributed by atoms with E-state index in [9.17, 15) is 0 Å². The van der Waals surface area contributed by atoms with Gasteiger partial charge >= 0.3 is 0 Å². The Balaban J connectivity index is 0.000000531. The van der Waals surface area contributed by atoms with Gasteiger partial charge in [-0.2, -0.15) is 0 Å². The summed E-state index contributed by atoms with van der Waals surface area (Å²) in [5.74, 6) is 0. The van der Waals surface area contributed by atoms with Gasteiger partial charge in [0.05, 0.1) is 5.52 Å². The van der Waals surface area contributed by atoms with Crippen molar-refractivity contribution in [3.05, 3.63) is 41.1 Å². The highest BCUT2D eigenvalue weighted by atomic mass is 14.7. The van der Waals surface area contributed by atoms with E-state index >= 15 is 0 Å². The lowest BCUT2D eigenvalue weighted by Crippen LogP contribution is -1.88. The van der Waals surface area contributed by atoms with Crippen molar-refractivity contribution in [3.63, 3.8) is 0 Å². The van der Waals surface area contributed by atoms with Crippen LogP contribution in [0.2, 0.25) is 0 Å². The van der Waals surface area contributed by atoms with E-state index in [4.69, 9.17) is 0 Å². The van der Waals surface area contributed by atoms with E-state index in [2.05, 4.69) is 43.1 Å². The van der Waals surface area contributed by atoms with E-state index in [1.54, 1.807) is 0 Å². The van der Waals surface area contributed by atoms with Crippen molar-refractivity contribution < 1.29 is 0 Å². The third-order valence-corrected chi connectivity index (χ3v) is 2.42. The normalized spacial score (nSPS) is 9.67. The number of hydrogen-bond donors (Lipinski definition) is 0. The van der Waals surface area contributed by atoms with Crippen molar-refractivity contribution in [2.24, 2.45) is 0 Å². The first-order chi connectivity index (χ1) is 7.18. The molecule has 1 heterocycles. The molecule has 0 bridgehead atoms. The average Bonchev–Trinajstić information content (AvgIpc) is 2.27. The minimum atomic E-state index is 1.08. The highest BCUT2D eigenvalue weighted by Gasteiger charge is 2.00. The zero-order valence-corrected chi connectivity index (χ0v) is 10.3. The molecule has 1 aromatic heterocycles. The topological polar surface area (TPSA) is 12.9 Å². The molecule has 0 aliphatic carbocycles. The Morgan fingerprint density at radius 1 is 0.800 bits per heavy atom. The fourth-order valence-corrected chi connectivity index (χ4v) is 1.59. The number of nitrogens with zero attached hydrogens (tertiary/aromatic N) is 1. The third-order valence-electron chi connectivity index (χ3n) is 2.42. The largest absolute Gasteiger partial charge is 0.253 e. The molecule has 1 aromatic carbocycles. The quantitative estimate of drug-likeness (QED) is 0.623. The molecular weight excluding hydrogens is 182 g/mol. The Kier molecular flexibility index (Phi) is 3.84. The number of fused-ring (bicyclic) bond motifs is 1. The van der Waals surface area contributed by atoms with Crippen LogP contribution in [0.1, 0.15) is 30.7 Å². The van der Waals surface area contributed by atoms with Crippen LogP contribution in [0.4, 0.5) is 0 Å². The number of rotatable bonds is 0. The molecule has 0 amide bonds. The number of pyridine rings is 1. The van der Waals surface area contributed by atoms with E-state index in [0.717, 1.165) is 11.2 Å². The Hall–Kier alpha value is -1.37. The molecule has 0 fully saturated rings. The van der Waals surface area contributed by atoms with Crippen LogP contribution in [0.25, 0.3) is 10.9 Å². The number of hydrogen-bond acceptors (Lipinski definition) is 1. The molecule has 0 spiro atoms. The van der Waals surface area contributed by atoms with Crippen LogP contribution in [0.3, 0.4) is 0 Å². The fraction of sp³-hybridized carbons (Fsp3) is 0.357. The molecule has 0 saturated carbocycles. The van der Waals surface area contributed by atoms with Crippen LogP contribution in [-0.4, -0.2) is 4.98 Å². The zero-order valence-electron chi connectivity index (χ0n) is 10.3. The molecule has 0 aliphatic rings. The highest BCUT2D eigenvalue weighted by molar-refractivity contribution is 5.84. The first-order valence-corrected chi connectivity index (χ1v) is 5.52. The van der Waals surface area contributed by atoms with Crippen molar-refractivity contribution in [3.8, 4) is 0 Å². The molecule has 1 nitrogen and oxygen atoms in total. The first-order valence-electron chi connectivity index (χ1n) is 5.52. The van der Waals surface area contributed by atoms with E-state index in [1.165, 1.54) is 16.5 Å². The predicted molar refractivity (Wildman–Crippen MR) is 67.3 cm³/mol. The van der Waals surface area contributed by atoms with Crippen molar-refractivity contribution >= 4 is 10.9 Å². The molecule has 1 heteroatoms. The van der Waals surface area contributed by atoms with Crippen LogP contribution in [0, 0.1) is 20.8 Å². The lowest BCUT2D eigenvalue weighted by atomic mass is 10.1. The first kappa shape index (κ1) is 11.7. The van der Waals surface area contributed by atoms with Gasteiger partial charge in [0.1, 0.15) is 0 Å². The molecule has 80 valence electrons. The summed E-state index contributed by atoms with van der Waals surface area (Å²) < 4.78 is 0. The van der Waals surface area contributed by atoms with Gasteiger partial charge in [-0.3, -0.25) is 4.98 Å². The summed E-state index contributed by atoms with van der Waals surface area (Å²) in [5, 5.41) is 1.27. The van der Waals surface area contributed by atoms with Crippen molar-refractivity contribution in [2.75, 3.05) is 0 Å². The zero-order chi connectivity index (χ0) is 11.4. The third kappa shape index (κ3) is 2.35. The van der Waals surface area contributed by atoms with Gasteiger partial charge in [0, 0.05) is 11.1 Å². The minimum Gasteiger partial charge on any atom is -0.253 e. The number of aryl methyl sites for hydroxylation is 3. The smallest absolute Gasteiger partial charge is 0.0736 e. The van der Waals surface area contributed by atoms with Crippen LogP contribution in [0.15, 0.2) is 24.3 Å². The standard InChI is InChI=1S/C12H13N.C2H6/c1-8-4-5-9(2)12-11(8)7-6-10(3)13-12;1-2/h4-7H,1-3H3;1-2H3. The van der Waals surface area contributed by atoms with Gasteiger partial charge in [0.25, 0.3) is 0 Å². The summed E-state index contributed by atoms with van der Waals surface area (Å²) >= 11 is 0. The highest BCUT2D eigenvalue weighted by Crippen LogP contribution is 2.20. The molecule has 0 unspecified atom stereocenters. The Bertz CT molecular complexity index is 458. The SMILES string of the molecule is CC.Cc1ccc2c(C)ccc(C)c2n1. The van der Waals surface area contributed by atoms with Crippen molar-refractivity contribution in [2.45, 2.75) is 34.6 Å². The molecule has 2 aromatic rings. The Labute approximate surface area is 92.2 Å². The Morgan fingerprint density at radius 2 is 1.40 bits per heavy atom. The molecule has 0 saturated heterocycles. The van der Waals surface area contributed by atoms with Crippen LogP contribution < -0.4 is 0 Å². The molecule has 0 radical (unpaired) electrons. The van der Waals surface area contributed by atoms with Crippen LogP contribution in [0.5, 0.6) is 0 Å². The lowest BCUT2D eigenvalue weighted by molar-refractivity contribution is 1.23. The van der Waals surface area contributed by atoms with Crippen molar-refractivity contribution in [1.82, 2.24) is 4.98 Å².